The lowest BCUT2D eigenvalue weighted by molar-refractivity contribution is 0.415. The molecule has 2 heterocycles. The fraction of sp³-hybridized carbons (Fsp3) is 0.571. The second-order valence-corrected chi connectivity index (χ2v) is 4.93. The van der Waals surface area contributed by atoms with Crippen molar-refractivity contribution in [2.75, 3.05) is 30.4 Å². The van der Waals surface area contributed by atoms with Crippen molar-refractivity contribution in [3.05, 3.63) is 18.2 Å². The van der Waals surface area contributed by atoms with Crippen molar-refractivity contribution < 1.29 is 4.74 Å². The lowest BCUT2D eigenvalue weighted by Gasteiger charge is -2.38. The average Bonchev–Trinajstić information content (AvgIpc) is 2.63. The van der Waals surface area contributed by atoms with Gasteiger partial charge in [0.25, 0.3) is 0 Å². The third-order valence-corrected chi connectivity index (χ3v) is 3.93. The Morgan fingerprint density at radius 2 is 2.24 bits per heavy atom. The fourth-order valence-electron chi connectivity index (χ4n) is 3.03. The van der Waals surface area contributed by atoms with Crippen LogP contribution in [-0.2, 0) is 0 Å². The van der Waals surface area contributed by atoms with E-state index in [1.807, 2.05) is 6.07 Å². The van der Waals surface area contributed by atoms with Gasteiger partial charge >= 0.3 is 0 Å². The Morgan fingerprint density at radius 1 is 1.29 bits per heavy atom. The number of nitrogens with one attached hydrogen (secondary N) is 1. The lowest BCUT2D eigenvalue weighted by Crippen LogP contribution is -2.43. The summed E-state index contributed by atoms with van der Waals surface area (Å²) in [6, 6.07) is 7.00. The van der Waals surface area contributed by atoms with Crippen molar-refractivity contribution in [1.29, 1.82) is 0 Å². The largest absolute Gasteiger partial charge is 0.495 e. The van der Waals surface area contributed by atoms with Gasteiger partial charge in [-0.2, -0.15) is 0 Å². The molecule has 0 aromatic heterocycles. The van der Waals surface area contributed by atoms with Crippen LogP contribution < -0.4 is 15.0 Å². The van der Waals surface area contributed by atoms with Crippen LogP contribution in [-0.4, -0.2) is 26.2 Å². The minimum Gasteiger partial charge on any atom is -0.495 e. The minimum atomic E-state index is 0.664. The Kier molecular flexibility index (Phi) is 2.83. The maximum absolute atomic E-state index is 5.43. The normalized spacial score (nSPS) is 23.1. The first-order valence-electron chi connectivity index (χ1n) is 6.57. The highest BCUT2D eigenvalue weighted by Crippen LogP contribution is 2.40. The van der Waals surface area contributed by atoms with E-state index in [0.29, 0.717) is 6.04 Å². The molecule has 0 bridgehead atoms. The van der Waals surface area contributed by atoms with E-state index in [4.69, 9.17) is 4.74 Å². The number of methoxy groups -OCH3 is 1. The Balaban J connectivity index is 1.99. The summed E-state index contributed by atoms with van der Waals surface area (Å²) in [6.07, 6.45) is 5.35. The molecule has 3 rings (SSSR count). The molecule has 0 radical (unpaired) electrons. The monoisotopic (exact) mass is 232 g/mol. The quantitative estimate of drug-likeness (QED) is 0.805. The van der Waals surface area contributed by atoms with Gasteiger partial charge in [-0.1, -0.05) is 18.9 Å². The average molecular weight is 232 g/mol. The lowest BCUT2D eigenvalue weighted by atomic mass is 10.1. The minimum absolute atomic E-state index is 0.664. The number of benzene rings is 1. The van der Waals surface area contributed by atoms with Gasteiger partial charge in [-0.25, -0.2) is 0 Å². The summed E-state index contributed by atoms with van der Waals surface area (Å²) in [5, 5.41) is 3.54. The molecule has 0 spiro atoms. The zero-order valence-electron chi connectivity index (χ0n) is 10.4. The fourth-order valence-corrected chi connectivity index (χ4v) is 3.03. The molecule has 1 saturated heterocycles. The van der Waals surface area contributed by atoms with Gasteiger partial charge in [0.15, 0.2) is 0 Å². The highest BCUT2D eigenvalue weighted by atomic mass is 16.5. The van der Waals surface area contributed by atoms with Crippen molar-refractivity contribution >= 4 is 11.4 Å². The number of ether oxygens (including phenoxy) is 1. The topological polar surface area (TPSA) is 24.5 Å². The van der Waals surface area contributed by atoms with Gasteiger partial charge in [0.1, 0.15) is 11.4 Å². The molecule has 1 atom stereocenters. The van der Waals surface area contributed by atoms with Crippen molar-refractivity contribution in [2.24, 2.45) is 0 Å². The molecule has 2 aliphatic heterocycles. The van der Waals surface area contributed by atoms with Gasteiger partial charge in [0.2, 0.25) is 0 Å². The SMILES string of the molecule is COc1cccc2c1NCC1CCCCCN21. The van der Waals surface area contributed by atoms with Gasteiger partial charge in [-0.05, 0) is 25.0 Å². The van der Waals surface area contributed by atoms with Crippen molar-refractivity contribution in [3.63, 3.8) is 0 Å². The molecule has 2 aliphatic rings. The number of anilines is 2. The van der Waals surface area contributed by atoms with Crippen molar-refractivity contribution in [3.8, 4) is 5.75 Å². The zero-order valence-corrected chi connectivity index (χ0v) is 10.4. The summed E-state index contributed by atoms with van der Waals surface area (Å²) in [6.45, 7) is 2.24. The summed E-state index contributed by atoms with van der Waals surface area (Å²) in [4.78, 5) is 2.57. The molecular formula is C14H20N2O. The number of para-hydroxylation sites is 1. The summed E-state index contributed by atoms with van der Waals surface area (Å²) in [7, 11) is 1.74. The van der Waals surface area contributed by atoms with Crippen LogP contribution in [0.15, 0.2) is 18.2 Å². The van der Waals surface area contributed by atoms with Crippen LogP contribution in [0.4, 0.5) is 11.4 Å². The molecule has 0 amide bonds. The van der Waals surface area contributed by atoms with E-state index in [9.17, 15) is 0 Å². The smallest absolute Gasteiger partial charge is 0.144 e. The van der Waals surface area contributed by atoms with Crippen LogP contribution in [0.3, 0.4) is 0 Å². The summed E-state index contributed by atoms with van der Waals surface area (Å²) in [5.74, 6) is 0.963. The maximum atomic E-state index is 5.43. The Morgan fingerprint density at radius 3 is 3.12 bits per heavy atom. The predicted molar refractivity (Wildman–Crippen MR) is 71.1 cm³/mol. The van der Waals surface area contributed by atoms with Crippen LogP contribution in [0.2, 0.25) is 0 Å². The van der Waals surface area contributed by atoms with Crippen molar-refractivity contribution in [1.82, 2.24) is 0 Å². The second-order valence-electron chi connectivity index (χ2n) is 4.93. The van der Waals surface area contributed by atoms with Crippen molar-refractivity contribution in [2.45, 2.75) is 31.7 Å². The molecule has 0 aliphatic carbocycles. The number of rotatable bonds is 1. The standard InChI is InChI=1S/C14H20N2O/c1-17-13-8-5-7-12-14(13)15-10-11-6-3-2-4-9-16(11)12/h5,7-8,11,15H,2-4,6,9-10H2,1H3. The van der Waals surface area contributed by atoms with Crippen LogP contribution in [0.1, 0.15) is 25.7 Å². The Bertz CT molecular complexity index is 405. The van der Waals surface area contributed by atoms with Gasteiger partial charge in [-0.15, -0.1) is 0 Å². The van der Waals surface area contributed by atoms with E-state index in [-0.39, 0.29) is 0 Å². The highest BCUT2D eigenvalue weighted by Gasteiger charge is 2.28. The molecule has 1 unspecified atom stereocenters. The number of fused-ring (bicyclic) bond motifs is 3. The first-order valence-corrected chi connectivity index (χ1v) is 6.57. The molecule has 92 valence electrons. The van der Waals surface area contributed by atoms with Crippen LogP contribution in [0.25, 0.3) is 0 Å². The molecular weight excluding hydrogens is 212 g/mol. The molecule has 3 heteroatoms. The number of hydrogen-bond donors (Lipinski definition) is 1. The maximum Gasteiger partial charge on any atom is 0.144 e. The molecule has 1 N–H and O–H groups in total. The number of nitrogens with zero attached hydrogens (tertiary/aromatic N) is 1. The van der Waals surface area contributed by atoms with Crippen LogP contribution in [0.5, 0.6) is 5.75 Å². The van der Waals surface area contributed by atoms with Gasteiger partial charge in [0.05, 0.1) is 12.8 Å². The summed E-state index contributed by atoms with van der Waals surface area (Å²) >= 11 is 0. The van der Waals surface area contributed by atoms with Gasteiger partial charge in [-0.3, -0.25) is 0 Å². The summed E-state index contributed by atoms with van der Waals surface area (Å²) < 4.78 is 5.43. The van der Waals surface area contributed by atoms with E-state index >= 15 is 0 Å². The first kappa shape index (κ1) is 10.8. The molecule has 1 aromatic carbocycles. The molecule has 1 fully saturated rings. The first-order chi connectivity index (χ1) is 8.40. The molecule has 1 aromatic rings. The summed E-state index contributed by atoms with van der Waals surface area (Å²) in [5.41, 5.74) is 2.50. The van der Waals surface area contributed by atoms with E-state index in [0.717, 1.165) is 12.3 Å². The van der Waals surface area contributed by atoms with Gasteiger partial charge in [0, 0.05) is 19.1 Å². The number of hydrogen-bond acceptors (Lipinski definition) is 3. The van der Waals surface area contributed by atoms with Gasteiger partial charge < -0.3 is 15.0 Å². The van der Waals surface area contributed by atoms with Crippen LogP contribution >= 0.6 is 0 Å². The predicted octanol–water partition coefficient (Wildman–Crippen LogP) is 2.87. The molecule has 17 heavy (non-hydrogen) atoms. The van der Waals surface area contributed by atoms with E-state index in [1.165, 1.54) is 43.6 Å². The Labute approximate surface area is 103 Å². The second kappa shape index (κ2) is 4.47. The molecule has 3 nitrogen and oxygen atoms in total. The van der Waals surface area contributed by atoms with E-state index in [1.54, 1.807) is 7.11 Å². The molecule has 0 saturated carbocycles. The van der Waals surface area contributed by atoms with Crippen LogP contribution in [0, 0.1) is 0 Å². The Hall–Kier alpha value is -1.38. The zero-order chi connectivity index (χ0) is 11.7. The van der Waals surface area contributed by atoms with E-state index < -0.39 is 0 Å². The highest BCUT2D eigenvalue weighted by molar-refractivity contribution is 5.78. The van der Waals surface area contributed by atoms with E-state index in [2.05, 4.69) is 22.3 Å². The third kappa shape index (κ3) is 1.84. The third-order valence-electron chi connectivity index (χ3n) is 3.93.